The quantitative estimate of drug-likeness (QED) is 0.767. The van der Waals surface area contributed by atoms with Crippen molar-refractivity contribution < 1.29 is 9.47 Å². The molecule has 2 heteroatoms. The van der Waals surface area contributed by atoms with E-state index in [0.717, 1.165) is 30.3 Å². The van der Waals surface area contributed by atoms with Crippen molar-refractivity contribution in [3.63, 3.8) is 0 Å². The van der Waals surface area contributed by atoms with Crippen LogP contribution >= 0.6 is 0 Å². The molecular weight excluding hydrogens is 236 g/mol. The Morgan fingerprint density at radius 1 is 0.737 bits per heavy atom. The van der Waals surface area contributed by atoms with E-state index in [4.69, 9.17) is 9.47 Å². The molecule has 4 atom stereocenters. The fourth-order valence-corrected chi connectivity index (χ4v) is 5.43. The molecule has 0 aromatic heterocycles. The number of ether oxygens (including phenoxy) is 2. The van der Waals surface area contributed by atoms with E-state index >= 15 is 0 Å². The Hall–Kier alpha value is -0.0800. The fourth-order valence-electron chi connectivity index (χ4n) is 5.43. The molecule has 3 fully saturated rings. The molecule has 3 rings (SSSR count). The summed E-state index contributed by atoms with van der Waals surface area (Å²) in [6.07, 6.45) is 12.1. The molecule has 0 N–H and O–H groups in total. The molecule has 3 aliphatic carbocycles. The van der Waals surface area contributed by atoms with Crippen LogP contribution in [0, 0.1) is 23.7 Å². The number of hydrogen-bond acceptors (Lipinski definition) is 2. The minimum absolute atomic E-state index is 0.521. The number of hydrogen-bond donors (Lipinski definition) is 0. The summed E-state index contributed by atoms with van der Waals surface area (Å²) in [7, 11) is 1.95. The van der Waals surface area contributed by atoms with Gasteiger partial charge in [0.1, 0.15) is 0 Å². The topological polar surface area (TPSA) is 18.5 Å². The highest BCUT2D eigenvalue weighted by Crippen LogP contribution is 2.52. The van der Waals surface area contributed by atoms with E-state index < -0.39 is 0 Å². The molecule has 0 aliphatic heterocycles. The molecule has 4 unspecified atom stereocenters. The minimum atomic E-state index is 0.521. The molecule has 0 aromatic carbocycles. The SMILES string of the molecule is CCOC1C2CCCCC2C(OC)C2CCCCC21. The first-order chi connectivity index (χ1) is 9.36. The normalized spacial score (nSPS) is 46.4. The van der Waals surface area contributed by atoms with Crippen molar-refractivity contribution in [1.29, 1.82) is 0 Å². The molecule has 0 amide bonds. The monoisotopic (exact) mass is 266 g/mol. The maximum atomic E-state index is 6.26. The van der Waals surface area contributed by atoms with Crippen LogP contribution in [0.2, 0.25) is 0 Å². The van der Waals surface area contributed by atoms with Crippen LogP contribution < -0.4 is 0 Å². The van der Waals surface area contributed by atoms with Crippen LogP contribution in [0.25, 0.3) is 0 Å². The van der Waals surface area contributed by atoms with Gasteiger partial charge in [-0.1, -0.05) is 25.7 Å². The standard InChI is InChI=1S/C17H30O2/c1-3-19-17-14-10-6-4-8-12(14)16(18-2)13-9-5-7-11-15(13)17/h12-17H,3-11H2,1-2H3. The van der Waals surface area contributed by atoms with E-state index in [-0.39, 0.29) is 0 Å². The van der Waals surface area contributed by atoms with E-state index in [1.165, 1.54) is 51.4 Å². The van der Waals surface area contributed by atoms with Crippen LogP contribution in [0.1, 0.15) is 58.3 Å². The Morgan fingerprint density at radius 3 is 1.53 bits per heavy atom. The average Bonchev–Trinajstić information content (AvgIpc) is 2.47. The first-order valence-electron chi connectivity index (χ1n) is 8.51. The molecule has 110 valence electrons. The zero-order chi connectivity index (χ0) is 13.2. The number of rotatable bonds is 3. The van der Waals surface area contributed by atoms with E-state index in [0.29, 0.717) is 12.2 Å². The van der Waals surface area contributed by atoms with Crippen LogP contribution in [0.3, 0.4) is 0 Å². The summed E-state index contributed by atoms with van der Waals surface area (Å²) in [6, 6.07) is 0. The van der Waals surface area contributed by atoms with Crippen molar-refractivity contribution in [3.05, 3.63) is 0 Å². The largest absolute Gasteiger partial charge is 0.381 e. The van der Waals surface area contributed by atoms with Crippen LogP contribution in [-0.4, -0.2) is 25.9 Å². The van der Waals surface area contributed by atoms with Crippen LogP contribution in [0.4, 0.5) is 0 Å². The summed E-state index contributed by atoms with van der Waals surface area (Å²) in [5, 5.41) is 0. The summed E-state index contributed by atoms with van der Waals surface area (Å²) >= 11 is 0. The lowest BCUT2D eigenvalue weighted by atomic mass is 9.57. The number of fused-ring (bicyclic) bond motifs is 2. The van der Waals surface area contributed by atoms with Gasteiger partial charge >= 0.3 is 0 Å². The molecule has 0 radical (unpaired) electrons. The average molecular weight is 266 g/mol. The van der Waals surface area contributed by atoms with E-state index in [1.54, 1.807) is 0 Å². The highest BCUT2D eigenvalue weighted by molar-refractivity contribution is 5.01. The van der Waals surface area contributed by atoms with Gasteiger partial charge in [-0.2, -0.15) is 0 Å². The predicted molar refractivity (Wildman–Crippen MR) is 77.1 cm³/mol. The second kappa shape index (κ2) is 6.13. The lowest BCUT2D eigenvalue weighted by Gasteiger charge is -2.54. The van der Waals surface area contributed by atoms with Gasteiger partial charge in [0.15, 0.2) is 0 Å². The van der Waals surface area contributed by atoms with Gasteiger partial charge in [-0.15, -0.1) is 0 Å². The second-order valence-corrected chi connectivity index (χ2v) is 6.84. The molecule has 19 heavy (non-hydrogen) atoms. The van der Waals surface area contributed by atoms with Crippen LogP contribution in [-0.2, 0) is 9.47 Å². The first-order valence-corrected chi connectivity index (χ1v) is 8.51. The van der Waals surface area contributed by atoms with E-state index in [2.05, 4.69) is 6.92 Å². The Morgan fingerprint density at radius 2 is 1.16 bits per heavy atom. The summed E-state index contributed by atoms with van der Waals surface area (Å²) in [5.74, 6) is 3.10. The Balaban J connectivity index is 1.86. The molecule has 2 nitrogen and oxygen atoms in total. The highest BCUT2D eigenvalue weighted by Gasteiger charge is 2.51. The molecular formula is C17H30O2. The fraction of sp³-hybridized carbons (Fsp3) is 1.00. The summed E-state index contributed by atoms with van der Waals surface area (Å²) in [4.78, 5) is 0. The van der Waals surface area contributed by atoms with Gasteiger partial charge in [-0.3, -0.25) is 0 Å². The Labute approximate surface area is 118 Å². The molecule has 0 spiro atoms. The maximum Gasteiger partial charge on any atom is 0.0638 e. The zero-order valence-corrected chi connectivity index (χ0v) is 12.6. The lowest BCUT2D eigenvalue weighted by molar-refractivity contribution is -0.171. The van der Waals surface area contributed by atoms with Crippen molar-refractivity contribution >= 4 is 0 Å². The molecule has 3 aliphatic rings. The van der Waals surface area contributed by atoms with Crippen molar-refractivity contribution in [2.45, 2.75) is 70.5 Å². The van der Waals surface area contributed by atoms with Crippen molar-refractivity contribution in [2.75, 3.05) is 13.7 Å². The van der Waals surface area contributed by atoms with Gasteiger partial charge in [0.2, 0.25) is 0 Å². The third-order valence-corrected chi connectivity index (χ3v) is 6.07. The summed E-state index contributed by atoms with van der Waals surface area (Å²) < 4.78 is 12.3. The molecule has 0 bridgehead atoms. The Kier molecular flexibility index (Phi) is 4.48. The van der Waals surface area contributed by atoms with Gasteiger partial charge in [0.25, 0.3) is 0 Å². The minimum Gasteiger partial charge on any atom is -0.381 e. The second-order valence-electron chi connectivity index (χ2n) is 6.84. The third kappa shape index (κ3) is 2.47. The van der Waals surface area contributed by atoms with Gasteiger partial charge < -0.3 is 9.47 Å². The number of methoxy groups -OCH3 is 1. The highest BCUT2D eigenvalue weighted by atomic mass is 16.5. The first kappa shape index (κ1) is 13.9. The van der Waals surface area contributed by atoms with Gasteiger partial charge in [0.05, 0.1) is 12.2 Å². The third-order valence-electron chi connectivity index (χ3n) is 6.07. The van der Waals surface area contributed by atoms with Gasteiger partial charge in [-0.25, -0.2) is 0 Å². The van der Waals surface area contributed by atoms with E-state index in [1.807, 2.05) is 7.11 Å². The van der Waals surface area contributed by atoms with Gasteiger partial charge in [0, 0.05) is 13.7 Å². The Bertz CT molecular complexity index is 267. The summed E-state index contributed by atoms with van der Waals surface area (Å²) in [5.41, 5.74) is 0. The molecule has 0 aromatic rings. The smallest absolute Gasteiger partial charge is 0.0638 e. The molecule has 0 saturated heterocycles. The van der Waals surface area contributed by atoms with Crippen molar-refractivity contribution in [3.8, 4) is 0 Å². The van der Waals surface area contributed by atoms with Gasteiger partial charge in [-0.05, 0) is 56.3 Å². The molecule has 3 saturated carbocycles. The lowest BCUT2D eigenvalue weighted by Crippen LogP contribution is -2.55. The van der Waals surface area contributed by atoms with Crippen LogP contribution in [0.15, 0.2) is 0 Å². The van der Waals surface area contributed by atoms with Crippen molar-refractivity contribution in [2.24, 2.45) is 23.7 Å². The van der Waals surface area contributed by atoms with Crippen molar-refractivity contribution in [1.82, 2.24) is 0 Å². The maximum absolute atomic E-state index is 6.26. The predicted octanol–water partition coefficient (Wildman–Crippen LogP) is 4.03. The van der Waals surface area contributed by atoms with E-state index in [9.17, 15) is 0 Å². The zero-order valence-electron chi connectivity index (χ0n) is 12.6. The molecule has 0 heterocycles. The van der Waals surface area contributed by atoms with Crippen LogP contribution in [0.5, 0.6) is 0 Å². The summed E-state index contributed by atoms with van der Waals surface area (Å²) in [6.45, 7) is 3.05.